The normalized spacial score (nSPS) is 13.4. The summed E-state index contributed by atoms with van der Waals surface area (Å²) in [4.78, 5) is 11.7. The Labute approximate surface area is 96.0 Å². The van der Waals surface area contributed by atoms with Crippen LogP contribution in [0.1, 0.15) is 40.5 Å². The average Bonchev–Trinajstić information content (AvgIpc) is 1.98. The number of carbonyl (C=O) groups excluding carboxylic acids is 1. The summed E-state index contributed by atoms with van der Waals surface area (Å²) < 4.78 is 0. The van der Waals surface area contributed by atoms with Gasteiger partial charge in [0, 0.05) is 17.8 Å². The molecule has 1 atom stereocenters. The maximum Gasteiger partial charge on any atom is 0.220 e. The molecule has 0 radical (unpaired) electrons. The molecule has 1 N–H and O–H groups in total. The van der Waals surface area contributed by atoms with Gasteiger partial charge in [0.1, 0.15) is 0 Å². The Kier molecular flexibility index (Phi) is 7.24. The molecule has 2 nitrogen and oxygen atoms in total. The Hall–Kier alpha value is -0.0500. The van der Waals surface area contributed by atoms with Crippen LogP contribution in [0, 0.1) is 11.8 Å². The standard InChI is InChI=1S/C11H22BrNO/c1-8(2)5-10(12)7-13-11(14)6-9(3)4/h8-10H,5-7H2,1-4H3,(H,13,14). The summed E-state index contributed by atoms with van der Waals surface area (Å²) in [7, 11) is 0. The molecule has 0 saturated heterocycles. The van der Waals surface area contributed by atoms with Crippen molar-refractivity contribution in [2.45, 2.75) is 45.4 Å². The second kappa shape index (κ2) is 7.27. The Morgan fingerprint density at radius 3 is 2.21 bits per heavy atom. The molecular weight excluding hydrogens is 242 g/mol. The number of nitrogens with one attached hydrogen (secondary N) is 1. The number of rotatable bonds is 6. The zero-order valence-electron chi connectivity index (χ0n) is 9.64. The first-order valence-corrected chi connectivity index (χ1v) is 6.24. The molecule has 0 aliphatic carbocycles. The number of amides is 1. The molecule has 0 saturated carbocycles. The molecule has 0 rings (SSSR count). The van der Waals surface area contributed by atoms with E-state index in [1.807, 2.05) is 0 Å². The van der Waals surface area contributed by atoms with Gasteiger partial charge in [-0.05, 0) is 18.3 Å². The van der Waals surface area contributed by atoms with Crippen molar-refractivity contribution in [2.24, 2.45) is 11.8 Å². The zero-order chi connectivity index (χ0) is 11.1. The second-order valence-corrected chi connectivity index (χ2v) is 5.92. The summed E-state index contributed by atoms with van der Waals surface area (Å²) in [6.45, 7) is 9.22. The van der Waals surface area contributed by atoms with Gasteiger partial charge in [0.05, 0.1) is 0 Å². The van der Waals surface area contributed by atoms with E-state index in [0.717, 1.165) is 13.0 Å². The lowest BCUT2D eigenvalue weighted by Gasteiger charge is -2.13. The lowest BCUT2D eigenvalue weighted by molar-refractivity contribution is -0.121. The molecule has 1 unspecified atom stereocenters. The van der Waals surface area contributed by atoms with Crippen LogP contribution in [0.25, 0.3) is 0 Å². The summed E-state index contributed by atoms with van der Waals surface area (Å²) in [6.07, 6.45) is 1.73. The van der Waals surface area contributed by atoms with Gasteiger partial charge in [0.2, 0.25) is 5.91 Å². The van der Waals surface area contributed by atoms with Crippen molar-refractivity contribution in [1.29, 1.82) is 0 Å². The van der Waals surface area contributed by atoms with E-state index in [2.05, 4.69) is 48.9 Å². The highest BCUT2D eigenvalue weighted by atomic mass is 79.9. The second-order valence-electron chi connectivity index (χ2n) is 4.63. The maximum absolute atomic E-state index is 11.3. The van der Waals surface area contributed by atoms with Gasteiger partial charge >= 0.3 is 0 Å². The summed E-state index contributed by atoms with van der Waals surface area (Å²) >= 11 is 3.56. The van der Waals surface area contributed by atoms with Crippen LogP contribution in [-0.2, 0) is 4.79 Å². The van der Waals surface area contributed by atoms with Crippen molar-refractivity contribution in [2.75, 3.05) is 6.54 Å². The number of hydrogen-bond acceptors (Lipinski definition) is 1. The number of halogens is 1. The molecule has 14 heavy (non-hydrogen) atoms. The monoisotopic (exact) mass is 263 g/mol. The van der Waals surface area contributed by atoms with E-state index in [-0.39, 0.29) is 5.91 Å². The lowest BCUT2D eigenvalue weighted by atomic mass is 10.1. The first-order chi connectivity index (χ1) is 6.41. The van der Waals surface area contributed by atoms with E-state index in [9.17, 15) is 4.79 Å². The van der Waals surface area contributed by atoms with Crippen LogP contribution in [0.5, 0.6) is 0 Å². The Morgan fingerprint density at radius 2 is 1.79 bits per heavy atom. The summed E-state index contributed by atoms with van der Waals surface area (Å²) in [5.41, 5.74) is 0. The minimum atomic E-state index is 0.160. The zero-order valence-corrected chi connectivity index (χ0v) is 11.2. The van der Waals surface area contributed by atoms with Crippen LogP contribution in [0.2, 0.25) is 0 Å². The van der Waals surface area contributed by atoms with Crippen molar-refractivity contribution in [1.82, 2.24) is 5.32 Å². The van der Waals surface area contributed by atoms with Gasteiger partial charge < -0.3 is 5.32 Å². The van der Waals surface area contributed by atoms with Crippen LogP contribution in [0.4, 0.5) is 0 Å². The third-order valence-electron chi connectivity index (χ3n) is 1.84. The van der Waals surface area contributed by atoms with Gasteiger partial charge in [-0.2, -0.15) is 0 Å². The van der Waals surface area contributed by atoms with Gasteiger partial charge in [0.25, 0.3) is 0 Å². The molecule has 84 valence electrons. The molecular formula is C11H22BrNO. The fourth-order valence-corrected chi connectivity index (χ4v) is 2.17. The lowest BCUT2D eigenvalue weighted by Crippen LogP contribution is -2.30. The van der Waals surface area contributed by atoms with Crippen LogP contribution in [0.3, 0.4) is 0 Å². The van der Waals surface area contributed by atoms with E-state index in [0.29, 0.717) is 23.1 Å². The number of alkyl halides is 1. The molecule has 0 aromatic carbocycles. The highest BCUT2D eigenvalue weighted by molar-refractivity contribution is 9.09. The molecule has 0 spiro atoms. The highest BCUT2D eigenvalue weighted by Crippen LogP contribution is 2.11. The van der Waals surface area contributed by atoms with Crippen molar-refractivity contribution >= 4 is 21.8 Å². The van der Waals surface area contributed by atoms with Gasteiger partial charge in [0.15, 0.2) is 0 Å². The summed E-state index contributed by atoms with van der Waals surface area (Å²) in [5.74, 6) is 1.27. The van der Waals surface area contributed by atoms with E-state index in [1.165, 1.54) is 0 Å². The van der Waals surface area contributed by atoms with Crippen molar-refractivity contribution < 1.29 is 4.79 Å². The van der Waals surface area contributed by atoms with Crippen molar-refractivity contribution in [3.8, 4) is 0 Å². The van der Waals surface area contributed by atoms with Crippen LogP contribution in [-0.4, -0.2) is 17.3 Å². The average molecular weight is 264 g/mol. The predicted molar refractivity (Wildman–Crippen MR) is 64.6 cm³/mol. The van der Waals surface area contributed by atoms with Gasteiger partial charge in [-0.3, -0.25) is 4.79 Å². The molecule has 0 aromatic heterocycles. The fourth-order valence-electron chi connectivity index (χ4n) is 1.26. The Bertz CT molecular complexity index is 169. The minimum Gasteiger partial charge on any atom is -0.355 e. The maximum atomic E-state index is 11.3. The molecule has 0 heterocycles. The van der Waals surface area contributed by atoms with Gasteiger partial charge in [-0.1, -0.05) is 43.6 Å². The Morgan fingerprint density at radius 1 is 1.21 bits per heavy atom. The Balaban J connectivity index is 3.56. The van der Waals surface area contributed by atoms with Gasteiger partial charge in [-0.25, -0.2) is 0 Å². The summed E-state index contributed by atoms with van der Waals surface area (Å²) in [6, 6.07) is 0. The SMILES string of the molecule is CC(C)CC(=O)NCC(Br)CC(C)C. The van der Waals surface area contributed by atoms with E-state index >= 15 is 0 Å². The molecule has 3 heteroatoms. The topological polar surface area (TPSA) is 29.1 Å². The van der Waals surface area contributed by atoms with Crippen LogP contribution >= 0.6 is 15.9 Å². The molecule has 0 aliphatic heterocycles. The van der Waals surface area contributed by atoms with Gasteiger partial charge in [-0.15, -0.1) is 0 Å². The van der Waals surface area contributed by atoms with Crippen LogP contribution in [0.15, 0.2) is 0 Å². The van der Waals surface area contributed by atoms with Crippen molar-refractivity contribution in [3.63, 3.8) is 0 Å². The minimum absolute atomic E-state index is 0.160. The molecule has 1 amide bonds. The molecule has 0 fully saturated rings. The smallest absolute Gasteiger partial charge is 0.220 e. The third kappa shape index (κ3) is 8.54. The summed E-state index contributed by atoms with van der Waals surface area (Å²) in [5, 5.41) is 2.93. The number of hydrogen-bond donors (Lipinski definition) is 1. The van der Waals surface area contributed by atoms with Crippen molar-refractivity contribution in [3.05, 3.63) is 0 Å². The first-order valence-electron chi connectivity index (χ1n) is 5.32. The third-order valence-corrected chi connectivity index (χ3v) is 2.54. The van der Waals surface area contributed by atoms with E-state index in [4.69, 9.17) is 0 Å². The first kappa shape index (κ1) is 13.9. The van der Waals surface area contributed by atoms with E-state index in [1.54, 1.807) is 0 Å². The number of carbonyl (C=O) groups is 1. The predicted octanol–water partition coefficient (Wildman–Crippen LogP) is 2.96. The molecule has 0 bridgehead atoms. The fraction of sp³-hybridized carbons (Fsp3) is 0.909. The largest absolute Gasteiger partial charge is 0.355 e. The van der Waals surface area contributed by atoms with Crippen LogP contribution < -0.4 is 5.32 Å². The molecule has 0 aromatic rings. The highest BCUT2D eigenvalue weighted by Gasteiger charge is 2.09. The quantitative estimate of drug-likeness (QED) is 0.734. The van der Waals surface area contributed by atoms with E-state index < -0.39 is 0 Å². The molecule has 0 aliphatic rings.